The minimum atomic E-state index is -1.16. The van der Waals surface area contributed by atoms with Crippen molar-refractivity contribution in [3.63, 3.8) is 0 Å². The van der Waals surface area contributed by atoms with Gasteiger partial charge in [-0.3, -0.25) is 4.79 Å². The summed E-state index contributed by atoms with van der Waals surface area (Å²) in [6.45, 7) is -0.203. The second-order valence-electron chi connectivity index (χ2n) is 5.02. The zero-order valence-corrected chi connectivity index (χ0v) is 12.1. The van der Waals surface area contributed by atoms with Gasteiger partial charge in [0, 0.05) is 23.5 Å². The first-order valence-corrected chi connectivity index (χ1v) is 6.86. The number of aromatic nitrogens is 1. The van der Waals surface area contributed by atoms with E-state index in [9.17, 15) is 19.5 Å². The Kier molecular flexibility index (Phi) is 4.97. The Balaban J connectivity index is 1.95. The molecule has 8 nitrogen and oxygen atoms in total. The second kappa shape index (κ2) is 6.93. The number of carboxylic acids is 1. The molecule has 0 saturated carbocycles. The average molecular weight is 320 g/mol. The smallest absolute Gasteiger partial charge is 0.333 e. The molecule has 0 unspecified atom stereocenters. The number of nitrogens with zero attached hydrogens (tertiary/aromatic N) is 1. The quantitative estimate of drug-likeness (QED) is 0.524. The van der Waals surface area contributed by atoms with E-state index in [-0.39, 0.29) is 25.1 Å². The highest BCUT2D eigenvalue weighted by Gasteiger charge is 2.20. The Morgan fingerprint density at radius 2 is 2.00 bits per heavy atom. The first-order valence-electron chi connectivity index (χ1n) is 6.86. The molecule has 4 N–H and O–H groups in total. The second-order valence-corrected chi connectivity index (χ2v) is 5.02. The maximum atomic E-state index is 11.8. The highest BCUT2D eigenvalue weighted by atomic mass is 16.6. The predicted molar refractivity (Wildman–Crippen MR) is 79.5 cm³/mol. The van der Waals surface area contributed by atoms with Crippen LogP contribution in [0, 0.1) is 0 Å². The fourth-order valence-corrected chi connectivity index (χ4v) is 2.08. The number of phenols is 1. The normalized spacial score (nSPS) is 12.0. The van der Waals surface area contributed by atoms with Crippen LogP contribution < -0.4 is 5.73 Å². The van der Waals surface area contributed by atoms with Gasteiger partial charge in [0.2, 0.25) is 0 Å². The molecule has 0 aliphatic rings. The largest absolute Gasteiger partial charge is 0.508 e. The molecule has 0 fully saturated rings. The number of ether oxygens (including phenoxy) is 1. The molecule has 0 bridgehead atoms. The predicted octanol–water partition coefficient (Wildman–Crippen LogP) is 0.609. The Morgan fingerprint density at radius 3 is 2.70 bits per heavy atom. The van der Waals surface area contributed by atoms with Gasteiger partial charge >= 0.3 is 17.9 Å². The lowest BCUT2D eigenvalue weighted by Gasteiger charge is -2.10. The third-order valence-electron chi connectivity index (χ3n) is 3.24. The number of hydrogen-bond acceptors (Lipinski definition) is 6. The van der Waals surface area contributed by atoms with Crippen LogP contribution in [0.5, 0.6) is 5.75 Å². The van der Waals surface area contributed by atoms with E-state index in [1.54, 1.807) is 29.0 Å². The standard InChI is InChI=1S/C15H16N2O6/c16-11(2-4-13(19)20)15(22)23-14(21)8-17-6-5-9-7-10(18)1-3-12(9)17/h1,3,5-7,11,18H,2,4,8,16H2,(H,19,20)/t11-/m1/s1. The summed E-state index contributed by atoms with van der Waals surface area (Å²) in [4.78, 5) is 33.8. The molecular weight excluding hydrogens is 304 g/mol. The number of phenolic OH excluding ortho intramolecular Hbond substituents is 1. The Bertz CT molecular complexity index is 752. The molecule has 0 aliphatic heterocycles. The van der Waals surface area contributed by atoms with Gasteiger partial charge in [-0.1, -0.05) is 0 Å². The fraction of sp³-hybridized carbons (Fsp3) is 0.267. The van der Waals surface area contributed by atoms with E-state index >= 15 is 0 Å². The topological polar surface area (TPSA) is 132 Å². The number of carboxylic acid groups (broad SMARTS) is 1. The first-order chi connectivity index (χ1) is 10.9. The molecule has 0 radical (unpaired) electrons. The molecule has 23 heavy (non-hydrogen) atoms. The van der Waals surface area contributed by atoms with E-state index in [0.717, 1.165) is 5.39 Å². The number of nitrogens with two attached hydrogens (primary N) is 1. The summed E-state index contributed by atoms with van der Waals surface area (Å²) in [7, 11) is 0. The van der Waals surface area contributed by atoms with Gasteiger partial charge in [-0.25, -0.2) is 9.59 Å². The number of carbonyl (C=O) groups excluding carboxylic acids is 2. The van der Waals surface area contributed by atoms with Gasteiger partial charge in [0.1, 0.15) is 18.3 Å². The number of hydrogen-bond donors (Lipinski definition) is 3. The minimum Gasteiger partial charge on any atom is -0.508 e. The fourth-order valence-electron chi connectivity index (χ4n) is 2.08. The lowest BCUT2D eigenvalue weighted by atomic mass is 10.2. The van der Waals surface area contributed by atoms with Crippen LogP contribution in [0.25, 0.3) is 10.9 Å². The number of aliphatic carboxylic acids is 1. The number of aromatic hydroxyl groups is 1. The van der Waals surface area contributed by atoms with Gasteiger partial charge < -0.3 is 25.3 Å². The highest BCUT2D eigenvalue weighted by Crippen LogP contribution is 2.21. The van der Waals surface area contributed by atoms with Crippen molar-refractivity contribution in [2.24, 2.45) is 5.73 Å². The molecular formula is C15H16N2O6. The zero-order valence-electron chi connectivity index (χ0n) is 12.1. The van der Waals surface area contributed by atoms with Crippen LogP contribution >= 0.6 is 0 Å². The Morgan fingerprint density at radius 1 is 1.26 bits per heavy atom. The monoisotopic (exact) mass is 320 g/mol. The third-order valence-corrected chi connectivity index (χ3v) is 3.24. The van der Waals surface area contributed by atoms with Crippen molar-refractivity contribution < 1.29 is 29.3 Å². The molecule has 0 aliphatic carbocycles. The number of rotatable bonds is 6. The maximum Gasteiger partial charge on any atom is 0.333 e. The molecule has 2 rings (SSSR count). The van der Waals surface area contributed by atoms with Crippen molar-refractivity contribution in [3.8, 4) is 5.75 Å². The Labute approximate surface area is 131 Å². The molecule has 0 spiro atoms. The zero-order chi connectivity index (χ0) is 17.0. The summed E-state index contributed by atoms with van der Waals surface area (Å²) in [6, 6.07) is 5.22. The number of fused-ring (bicyclic) bond motifs is 1. The van der Waals surface area contributed by atoms with E-state index in [1.165, 1.54) is 6.07 Å². The minimum absolute atomic E-state index is 0.104. The van der Waals surface area contributed by atoms with Gasteiger partial charge in [-0.05, 0) is 30.7 Å². The van der Waals surface area contributed by atoms with Crippen LogP contribution in [0.4, 0.5) is 0 Å². The van der Waals surface area contributed by atoms with E-state index < -0.39 is 23.9 Å². The summed E-state index contributed by atoms with van der Waals surface area (Å²) in [5.74, 6) is -2.73. The highest BCUT2D eigenvalue weighted by molar-refractivity contribution is 5.89. The number of benzene rings is 1. The molecule has 1 heterocycles. The van der Waals surface area contributed by atoms with Crippen LogP contribution in [-0.4, -0.2) is 38.7 Å². The number of esters is 2. The summed E-state index contributed by atoms with van der Waals surface area (Å²) in [5.41, 5.74) is 6.17. The summed E-state index contributed by atoms with van der Waals surface area (Å²) < 4.78 is 6.19. The van der Waals surface area contributed by atoms with Gasteiger partial charge in [0.15, 0.2) is 0 Å². The lowest BCUT2D eigenvalue weighted by molar-refractivity contribution is -0.161. The average Bonchev–Trinajstić information content (AvgIpc) is 2.86. The first kappa shape index (κ1) is 16.5. The van der Waals surface area contributed by atoms with E-state index in [0.29, 0.717) is 5.52 Å². The molecule has 1 aromatic heterocycles. The molecule has 0 saturated heterocycles. The van der Waals surface area contributed by atoms with Gasteiger partial charge in [0.05, 0.1) is 0 Å². The SMILES string of the molecule is N[C@H](CCC(=O)O)C(=O)OC(=O)Cn1ccc2cc(O)ccc21. The van der Waals surface area contributed by atoms with Crippen molar-refractivity contribution in [3.05, 3.63) is 30.5 Å². The van der Waals surface area contributed by atoms with Crippen molar-refractivity contribution >= 4 is 28.8 Å². The summed E-state index contributed by atoms with van der Waals surface area (Å²) in [5, 5.41) is 18.6. The van der Waals surface area contributed by atoms with E-state index in [1.807, 2.05) is 0 Å². The van der Waals surface area contributed by atoms with Crippen molar-refractivity contribution in [1.82, 2.24) is 4.57 Å². The maximum absolute atomic E-state index is 11.8. The van der Waals surface area contributed by atoms with Gasteiger partial charge in [-0.15, -0.1) is 0 Å². The summed E-state index contributed by atoms with van der Waals surface area (Å²) >= 11 is 0. The Hall–Kier alpha value is -2.87. The molecule has 1 aromatic carbocycles. The van der Waals surface area contributed by atoms with Gasteiger partial charge in [-0.2, -0.15) is 0 Å². The lowest BCUT2D eigenvalue weighted by Crippen LogP contribution is -2.35. The van der Waals surface area contributed by atoms with E-state index in [4.69, 9.17) is 10.8 Å². The van der Waals surface area contributed by atoms with E-state index in [2.05, 4.69) is 4.74 Å². The van der Waals surface area contributed by atoms with Crippen molar-refractivity contribution in [2.75, 3.05) is 0 Å². The molecule has 2 aromatic rings. The molecule has 1 atom stereocenters. The van der Waals surface area contributed by atoms with Crippen LogP contribution in [-0.2, 0) is 25.7 Å². The number of carbonyl (C=O) groups is 3. The van der Waals surface area contributed by atoms with Gasteiger partial charge in [0.25, 0.3) is 0 Å². The molecule has 122 valence electrons. The summed E-state index contributed by atoms with van der Waals surface area (Å²) in [6.07, 6.45) is 1.24. The van der Waals surface area contributed by atoms with Crippen molar-refractivity contribution in [1.29, 1.82) is 0 Å². The van der Waals surface area contributed by atoms with Crippen LogP contribution in [0.3, 0.4) is 0 Å². The molecule has 8 heteroatoms. The van der Waals surface area contributed by atoms with Crippen LogP contribution in [0.1, 0.15) is 12.8 Å². The van der Waals surface area contributed by atoms with Crippen LogP contribution in [0.15, 0.2) is 30.5 Å². The third kappa shape index (κ3) is 4.30. The molecule has 0 amide bonds. The van der Waals surface area contributed by atoms with Crippen molar-refractivity contribution in [2.45, 2.75) is 25.4 Å². The van der Waals surface area contributed by atoms with Crippen LogP contribution in [0.2, 0.25) is 0 Å².